The fourth-order valence-electron chi connectivity index (χ4n) is 5.65. The molecule has 3 atom stereocenters. The molecule has 0 fully saturated rings. The standard InChI is InChI=1S/C33H37ClN4O4/c1-21-19-24(14-15-27(21)34)37-33(42)26(13-7-8-18-35)31-25-12-6-5-11-23(25)20-28(32(36)41)38(31)30(40)17-16-29(39)22-9-3-2-4-10-22/h2-6,9-12,14-15,19,26,28,31H,7-8,13,16-18,20,35H2,1H3,(H2,36,41)(H,37,42)/t26-,28?,31?/m0/s1. The number of nitrogens with zero attached hydrogens (tertiary/aromatic N) is 1. The van der Waals surface area contributed by atoms with Gasteiger partial charge in [-0.25, -0.2) is 0 Å². The number of anilines is 1. The van der Waals surface area contributed by atoms with Crippen molar-refractivity contribution in [3.63, 3.8) is 0 Å². The third-order valence-corrected chi connectivity index (χ3v) is 8.24. The highest BCUT2D eigenvalue weighted by atomic mass is 35.5. The SMILES string of the molecule is Cc1cc(NC(=O)[C@@H](CCCCN)C2c3ccccc3CC(C(N)=O)N2C(=O)CCC(=O)c2ccccc2)ccc1Cl. The lowest BCUT2D eigenvalue weighted by Gasteiger charge is -2.45. The number of fused-ring (bicyclic) bond motifs is 1. The Labute approximate surface area is 251 Å². The van der Waals surface area contributed by atoms with E-state index in [4.69, 9.17) is 23.1 Å². The van der Waals surface area contributed by atoms with Crippen LogP contribution in [0.3, 0.4) is 0 Å². The van der Waals surface area contributed by atoms with Gasteiger partial charge < -0.3 is 21.7 Å². The molecule has 3 amide bonds. The van der Waals surface area contributed by atoms with Gasteiger partial charge in [-0.15, -0.1) is 0 Å². The number of primary amides is 1. The number of ketones is 1. The Hall–Kier alpha value is -4.01. The number of amides is 3. The minimum atomic E-state index is -0.966. The molecule has 0 spiro atoms. The van der Waals surface area contributed by atoms with Gasteiger partial charge in [-0.1, -0.05) is 72.6 Å². The number of aryl methyl sites for hydroxylation is 1. The van der Waals surface area contributed by atoms with Crippen molar-refractivity contribution in [1.82, 2.24) is 4.90 Å². The summed E-state index contributed by atoms with van der Waals surface area (Å²) < 4.78 is 0. The number of nitrogens with one attached hydrogen (secondary N) is 1. The molecule has 3 aromatic carbocycles. The second-order valence-electron chi connectivity index (χ2n) is 10.7. The van der Waals surface area contributed by atoms with Crippen LogP contribution in [0.5, 0.6) is 0 Å². The van der Waals surface area contributed by atoms with Gasteiger partial charge in [-0.2, -0.15) is 0 Å². The fourth-order valence-corrected chi connectivity index (χ4v) is 5.77. The molecule has 4 rings (SSSR count). The van der Waals surface area contributed by atoms with Crippen molar-refractivity contribution < 1.29 is 19.2 Å². The average molecular weight is 589 g/mol. The van der Waals surface area contributed by atoms with Crippen molar-refractivity contribution in [2.24, 2.45) is 17.4 Å². The summed E-state index contributed by atoms with van der Waals surface area (Å²) in [5.74, 6) is -2.25. The summed E-state index contributed by atoms with van der Waals surface area (Å²) in [5, 5.41) is 3.59. The van der Waals surface area contributed by atoms with E-state index in [9.17, 15) is 19.2 Å². The molecule has 3 aromatic rings. The molecule has 1 aliphatic rings. The van der Waals surface area contributed by atoms with Gasteiger partial charge in [0.2, 0.25) is 17.7 Å². The Bertz CT molecular complexity index is 1440. The fraction of sp³-hybridized carbons (Fsp3) is 0.333. The topological polar surface area (TPSA) is 136 Å². The third kappa shape index (κ3) is 7.24. The maximum atomic E-state index is 14.0. The predicted octanol–water partition coefficient (Wildman–Crippen LogP) is 4.98. The molecule has 42 heavy (non-hydrogen) atoms. The lowest BCUT2D eigenvalue weighted by atomic mass is 9.79. The van der Waals surface area contributed by atoms with Crippen molar-refractivity contribution in [2.45, 2.75) is 57.5 Å². The van der Waals surface area contributed by atoms with Crippen LogP contribution in [0.2, 0.25) is 5.02 Å². The number of unbranched alkanes of at least 4 members (excludes halogenated alkanes) is 1. The summed E-state index contributed by atoms with van der Waals surface area (Å²) in [5.41, 5.74) is 15.2. The zero-order valence-corrected chi connectivity index (χ0v) is 24.5. The summed E-state index contributed by atoms with van der Waals surface area (Å²) in [6.07, 6.45) is 1.83. The maximum absolute atomic E-state index is 14.0. The molecule has 0 aliphatic carbocycles. The minimum absolute atomic E-state index is 0.0344. The third-order valence-electron chi connectivity index (χ3n) is 7.81. The van der Waals surface area contributed by atoms with E-state index in [-0.39, 0.29) is 31.0 Å². The first-order chi connectivity index (χ1) is 20.2. The van der Waals surface area contributed by atoms with Crippen molar-refractivity contribution >= 4 is 40.8 Å². The molecule has 0 aromatic heterocycles. The van der Waals surface area contributed by atoms with Gasteiger partial charge in [0.1, 0.15) is 6.04 Å². The van der Waals surface area contributed by atoms with E-state index >= 15 is 0 Å². The van der Waals surface area contributed by atoms with Crippen LogP contribution in [0, 0.1) is 12.8 Å². The van der Waals surface area contributed by atoms with Crippen LogP contribution < -0.4 is 16.8 Å². The van der Waals surface area contributed by atoms with E-state index in [1.54, 1.807) is 42.5 Å². The second-order valence-corrected chi connectivity index (χ2v) is 11.1. The summed E-state index contributed by atoms with van der Waals surface area (Å²) >= 11 is 6.20. The van der Waals surface area contributed by atoms with E-state index in [0.717, 1.165) is 16.7 Å². The molecule has 0 saturated carbocycles. The van der Waals surface area contributed by atoms with Gasteiger partial charge in [0, 0.05) is 35.5 Å². The molecule has 0 radical (unpaired) electrons. The molecular weight excluding hydrogens is 552 g/mol. The molecule has 0 saturated heterocycles. The smallest absolute Gasteiger partial charge is 0.240 e. The number of Topliss-reactive ketones (excluding diaryl/α,β-unsaturated/α-hetero) is 1. The van der Waals surface area contributed by atoms with E-state index in [2.05, 4.69) is 5.32 Å². The van der Waals surface area contributed by atoms with Crippen molar-refractivity contribution in [2.75, 3.05) is 11.9 Å². The van der Waals surface area contributed by atoms with Gasteiger partial charge >= 0.3 is 0 Å². The highest BCUT2D eigenvalue weighted by Gasteiger charge is 2.45. The van der Waals surface area contributed by atoms with Crippen LogP contribution in [0.25, 0.3) is 0 Å². The Balaban J connectivity index is 1.72. The monoisotopic (exact) mass is 588 g/mol. The highest BCUT2D eigenvalue weighted by molar-refractivity contribution is 6.31. The molecule has 220 valence electrons. The lowest BCUT2D eigenvalue weighted by molar-refractivity contribution is -0.146. The number of halogens is 1. The lowest BCUT2D eigenvalue weighted by Crippen LogP contribution is -2.56. The van der Waals surface area contributed by atoms with Crippen LogP contribution in [-0.4, -0.2) is 41.0 Å². The Kier molecular flexibility index (Phi) is 10.5. The van der Waals surface area contributed by atoms with E-state index in [1.165, 1.54) is 4.90 Å². The molecule has 9 heteroatoms. The van der Waals surface area contributed by atoms with Crippen molar-refractivity contribution in [3.05, 3.63) is 100 Å². The average Bonchev–Trinajstić information content (AvgIpc) is 2.99. The predicted molar refractivity (Wildman–Crippen MR) is 164 cm³/mol. The summed E-state index contributed by atoms with van der Waals surface area (Å²) in [6.45, 7) is 2.31. The Morgan fingerprint density at radius 2 is 1.69 bits per heavy atom. The van der Waals surface area contributed by atoms with Crippen LogP contribution >= 0.6 is 11.6 Å². The number of nitrogens with two attached hydrogens (primary N) is 2. The van der Waals surface area contributed by atoms with E-state index < -0.39 is 29.8 Å². The van der Waals surface area contributed by atoms with Crippen LogP contribution in [0.15, 0.2) is 72.8 Å². The summed E-state index contributed by atoms with van der Waals surface area (Å²) in [7, 11) is 0. The van der Waals surface area contributed by atoms with Gasteiger partial charge in [0.25, 0.3) is 0 Å². The Morgan fingerprint density at radius 3 is 2.38 bits per heavy atom. The second kappa shape index (κ2) is 14.2. The first-order valence-electron chi connectivity index (χ1n) is 14.2. The van der Waals surface area contributed by atoms with Crippen LogP contribution in [0.4, 0.5) is 5.69 Å². The quantitative estimate of drug-likeness (QED) is 0.203. The van der Waals surface area contributed by atoms with E-state index in [1.807, 2.05) is 37.3 Å². The molecule has 2 unspecified atom stereocenters. The van der Waals surface area contributed by atoms with Crippen LogP contribution in [-0.2, 0) is 20.8 Å². The molecule has 0 bridgehead atoms. The number of benzene rings is 3. The molecule has 8 nitrogen and oxygen atoms in total. The van der Waals surface area contributed by atoms with Crippen molar-refractivity contribution in [3.8, 4) is 0 Å². The summed E-state index contributed by atoms with van der Waals surface area (Å²) in [6, 6.07) is 19.8. The zero-order chi connectivity index (χ0) is 30.2. The van der Waals surface area contributed by atoms with Gasteiger partial charge in [0.15, 0.2) is 5.78 Å². The minimum Gasteiger partial charge on any atom is -0.368 e. The van der Waals surface area contributed by atoms with Gasteiger partial charge in [-0.3, -0.25) is 19.2 Å². The largest absolute Gasteiger partial charge is 0.368 e. The van der Waals surface area contributed by atoms with Crippen LogP contribution in [0.1, 0.15) is 65.2 Å². The molecule has 1 aliphatic heterocycles. The Morgan fingerprint density at radius 1 is 0.976 bits per heavy atom. The molecule has 5 N–H and O–H groups in total. The molecule has 1 heterocycles. The molecular formula is C33H37ClN4O4. The number of carbonyl (C=O) groups excluding carboxylic acids is 4. The highest BCUT2D eigenvalue weighted by Crippen LogP contribution is 2.41. The zero-order valence-electron chi connectivity index (χ0n) is 23.7. The first-order valence-corrected chi connectivity index (χ1v) is 14.6. The van der Waals surface area contributed by atoms with Crippen molar-refractivity contribution in [1.29, 1.82) is 0 Å². The normalized spacial score (nSPS) is 16.8. The number of hydrogen-bond donors (Lipinski definition) is 3. The number of carbonyl (C=O) groups is 4. The number of rotatable bonds is 12. The number of hydrogen-bond acceptors (Lipinski definition) is 5. The van der Waals surface area contributed by atoms with E-state index in [0.29, 0.717) is 42.1 Å². The maximum Gasteiger partial charge on any atom is 0.240 e. The van der Waals surface area contributed by atoms with Gasteiger partial charge in [0.05, 0.1) is 12.0 Å². The first kappa shape index (κ1) is 30.9. The van der Waals surface area contributed by atoms with Gasteiger partial charge in [-0.05, 0) is 61.2 Å². The summed E-state index contributed by atoms with van der Waals surface area (Å²) in [4.78, 5) is 55.1.